The van der Waals surface area contributed by atoms with E-state index in [0.717, 1.165) is 11.3 Å². The molecule has 4 nitrogen and oxygen atoms in total. The summed E-state index contributed by atoms with van der Waals surface area (Å²) in [5.41, 5.74) is 1.10. The fourth-order valence-corrected chi connectivity index (χ4v) is 1.10. The number of ether oxygens (including phenoxy) is 3. The number of methoxy groups -OCH3 is 1. The quantitative estimate of drug-likeness (QED) is 0.387. The smallest absolute Gasteiger partial charge is 0.293 e. The lowest BCUT2D eigenvalue weighted by Crippen LogP contribution is -1.99. The summed E-state index contributed by atoms with van der Waals surface area (Å²) in [6.45, 7) is 1.10. The number of hydrogen-bond donors (Lipinski definition) is 0. The number of hydrogen-bond acceptors (Lipinski definition) is 4. The maximum Gasteiger partial charge on any atom is 0.293 e. The number of rotatable bonds is 7. The summed E-state index contributed by atoms with van der Waals surface area (Å²) >= 11 is 0. The van der Waals surface area contributed by atoms with E-state index in [-0.39, 0.29) is 6.79 Å². The Hall–Kier alpha value is -1.55. The Balaban J connectivity index is 2.38. The van der Waals surface area contributed by atoms with Gasteiger partial charge in [0, 0.05) is 13.5 Å². The van der Waals surface area contributed by atoms with Crippen LogP contribution in [0, 0.1) is 0 Å². The average Bonchev–Trinajstić information content (AvgIpc) is 2.28. The molecule has 0 aliphatic rings. The summed E-state index contributed by atoms with van der Waals surface area (Å²) < 4.78 is 14.6. The van der Waals surface area contributed by atoms with E-state index in [0.29, 0.717) is 19.5 Å². The Morgan fingerprint density at radius 2 is 2.00 bits per heavy atom. The molecular formula is C11H14O4. The van der Waals surface area contributed by atoms with Crippen molar-refractivity contribution < 1.29 is 19.0 Å². The van der Waals surface area contributed by atoms with Crippen molar-refractivity contribution in [3.05, 3.63) is 29.8 Å². The highest BCUT2D eigenvalue weighted by Gasteiger charge is 1.95. The maximum absolute atomic E-state index is 9.91. The van der Waals surface area contributed by atoms with Gasteiger partial charge in [0.2, 0.25) is 0 Å². The van der Waals surface area contributed by atoms with E-state index in [2.05, 4.69) is 4.74 Å². The second kappa shape index (κ2) is 6.84. The van der Waals surface area contributed by atoms with Crippen LogP contribution in [0.2, 0.25) is 0 Å². The molecule has 0 unspecified atom stereocenters. The van der Waals surface area contributed by atoms with Crippen molar-refractivity contribution in [1.82, 2.24) is 0 Å². The monoisotopic (exact) mass is 210 g/mol. The number of carbonyl (C=O) groups is 1. The van der Waals surface area contributed by atoms with Crippen LogP contribution in [0.4, 0.5) is 0 Å². The van der Waals surface area contributed by atoms with Gasteiger partial charge >= 0.3 is 0 Å². The molecule has 82 valence electrons. The highest BCUT2D eigenvalue weighted by atomic mass is 16.7. The van der Waals surface area contributed by atoms with E-state index in [1.54, 1.807) is 7.11 Å². The van der Waals surface area contributed by atoms with Crippen molar-refractivity contribution in [2.75, 3.05) is 20.5 Å². The second-order valence-electron chi connectivity index (χ2n) is 2.91. The molecule has 0 aliphatic heterocycles. The minimum Gasteiger partial charge on any atom is -0.468 e. The van der Waals surface area contributed by atoms with Crippen LogP contribution in [0.15, 0.2) is 24.3 Å². The highest BCUT2D eigenvalue weighted by molar-refractivity contribution is 5.37. The van der Waals surface area contributed by atoms with Crippen molar-refractivity contribution in [2.24, 2.45) is 0 Å². The van der Waals surface area contributed by atoms with Crippen molar-refractivity contribution in [2.45, 2.75) is 6.42 Å². The van der Waals surface area contributed by atoms with E-state index in [4.69, 9.17) is 9.47 Å². The first kappa shape index (κ1) is 11.5. The Kier molecular flexibility index (Phi) is 5.25. The van der Waals surface area contributed by atoms with Gasteiger partial charge in [0.25, 0.3) is 6.47 Å². The molecule has 15 heavy (non-hydrogen) atoms. The lowest BCUT2D eigenvalue weighted by atomic mass is 10.1. The second-order valence-corrected chi connectivity index (χ2v) is 2.91. The van der Waals surface area contributed by atoms with E-state index in [1.807, 2.05) is 24.3 Å². The number of carbonyl (C=O) groups excluding carboxylic acids is 1. The zero-order valence-corrected chi connectivity index (χ0v) is 8.64. The predicted octanol–water partition coefficient (Wildman–Crippen LogP) is 1.38. The summed E-state index contributed by atoms with van der Waals surface area (Å²) in [4.78, 5) is 9.91. The van der Waals surface area contributed by atoms with Crippen LogP contribution in [-0.4, -0.2) is 27.0 Å². The largest absolute Gasteiger partial charge is 0.468 e. The Bertz CT molecular complexity index is 281. The molecular weight excluding hydrogens is 196 g/mol. The van der Waals surface area contributed by atoms with E-state index in [9.17, 15) is 4.79 Å². The van der Waals surface area contributed by atoms with Crippen LogP contribution in [0.25, 0.3) is 0 Å². The van der Waals surface area contributed by atoms with Gasteiger partial charge in [-0.1, -0.05) is 12.1 Å². The molecule has 4 heteroatoms. The van der Waals surface area contributed by atoms with Gasteiger partial charge in [0.1, 0.15) is 5.75 Å². The number of benzene rings is 1. The van der Waals surface area contributed by atoms with Crippen molar-refractivity contribution >= 4 is 6.47 Å². The molecule has 0 radical (unpaired) electrons. The molecule has 1 rings (SSSR count). The summed E-state index contributed by atoms with van der Waals surface area (Å²) in [7, 11) is 1.57. The van der Waals surface area contributed by atoms with Crippen LogP contribution in [0.1, 0.15) is 5.56 Å². The molecule has 0 amide bonds. The van der Waals surface area contributed by atoms with E-state index >= 15 is 0 Å². The molecule has 0 aliphatic carbocycles. The first-order valence-electron chi connectivity index (χ1n) is 4.62. The standard InChI is InChI=1S/C11H14O4/c1-13-9-15-11-4-2-10(3-5-11)6-7-14-8-12/h2-5,8H,6-7,9H2,1H3. The lowest BCUT2D eigenvalue weighted by molar-refractivity contribution is -0.128. The van der Waals surface area contributed by atoms with Crippen LogP contribution in [0.5, 0.6) is 5.75 Å². The molecule has 0 bridgehead atoms. The predicted molar refractivity (Wildman–Crippen MR) is 54.7 cm³/mol. The van der Waals surface area contributed by atoms with Crippen molar-refractivity contribution in [3.8, 4) is 5.75 Å². The molecule has 0 spiro atoms. The maximum atomic E-state index is 9.91. The fourth-order valence-electron chi connectivity index (χ4n) is 1.10. The van der Waals surface area contributed by atoms with Gasteiger partial charge in [-0.15, -0.1) is 0 Å². The first-order chi connectivity index (χ1) is 7.36. The zero-order valence-electron chi connectivity index (χ0n) is 8.64. The SMILES string of the molecule is COCOc1ccc(CCOC=O)cc1. The normalized spacial score (nSPS) is 9.67. The molecule has 0 N–H and O–H groups in total. The minimum atomic E-state index is 0.244. The highest BCUT2D eigenvalue weighted by Crippen LogP contribution is 2.12. The fraction of sp³-hybridized carbons (Fsp3) is 0.364. The zero-order chi connectivity index (χ0) is 10.9. The van der Waals surface area contributed by atoms with Crippen LogP contribution in [0.3, 0.4) is 0 Å². The van der Waals surface area contributed by atoms with Gasteiger partial charge in [-0.05, 0) is 17.7 Å². The molecule has 0 atom stereocenters. The topological polar surface area (TPSA) is 44.8 Å². The molecule has 1 aromatic carbocycles. The van der Waals surface area contributed by atoms with Gasteiger partial charge < -0.3 is 14.2 Å². The summed E-state index contributed by atoms with van der Waals surface area (Å²) in [6.07, 6.45) is 0.712. The Morgan fingerprint density at radius 3 is 2.60 bits per heavy atom. The van der Waals surface area contributed by atoms with E-state index < -0.39 is 0 Å². The summed E-state index contributed by atoms with van der Waals surface area (Å²) in [5, 5.41) is 0. The van der Waals surface area contributed by atoms with Crippen molar-refractivity contribution in [3.63, 3.8) is 0 Å². The summed E-state index contributed by atoms with van der Waals surface area (Å²) in [6, 6.07) is 7.57. The van der Waals surface area contributed by atoms with Crippen LogP contribution >= 0.6 is 0 Å². The Morgan fingerprint density at radius 1 is 1.27 bits per heavy atom. The molecule has 1 aromatic rings. The summed E-state index contributed by atoms with van der Waals surface area (Å²) in [5.74, 6) is 0.761. The van der Waals surface area contributed by atoms with Gasteiger partial charge in [-0.3, -0.25) is 4.79 Å². The molecule has 0 heterocycles. The molecule has 0 fully saturated rings. The van der Waals surface area contributed by atoms with Crippen LogP contribution in [-0.2, 0) is 20.7 Å². The molecule has 0 saturated heterocycles. The third-order valence-electron chi connectivity index (χ3n) is 1.84. The van der Waals surface area contributed by atoms with Gasteiger partial charge in [-0.25, -0.2) is 0 Å². The molecule has 0 saturated carbocycles. The van der Waals surface area contributed by atoms with Crippen molar-refractivity contribution in [1.29, 1.82) is 0 Å². The first-order valence-corrected chi connectivity index (χ1v) is 4.62. The van der Waals surface area contributed by atoms with Gasteiger partial charge in [0.15, 0.2) is 6.79 Å². The lowest BCUT2D eigenvalue weighted by Gasteiger charge is -2.05. The van der Waals surface area contributed by atoms with Gasteiger partial charge in [-0.2, -0.15) is 0 Å². The minimum absolute atomic E-state index is 0.244. The third-order valence-corrected chi connectivity index (χ3v) is 1.84. The average molecular weight is 210 g/mol. The third kappa shape index (κ3) is 4.46. The van der Waals surface area contributed by atoms with Gasteiger partial charge in [0.05, 0.1) is 6.61 Å². The van der Waals surface area contributed by atoms with Crippen LogP contribution < -0.4 is 4.74 Å². The molecule has 0 aromatic heterocycles. The van der Waals surface area contributed by atoms with E-state index in [1.165, 1.54) is 0 Å². The Labute approximate surface area is 88.8 Å².